The van der Waals surface area contributed by atoms with Gasteiger partial charge in [-0.05, 0) is 51.0 Å². The van der Waals surface area contributed by atoms with Gasteiger partial charge >= 0.3 is 11.9 Å². The molecule has 6 nitrogen and oxygen atoms in total. The van der Waals surface area contributed by atoms with Crippen LogP contribution in [0, 0.1) is 13.8 Å². The SMILES string of the molecule is CCCCCOc1cccc(C(=O)OOC(=O)c2cccc(OCCCCC)c2C)c1C. The van der Waals surface area contributed by atoms with Crippen molar-refractivity contribution in [1.82, 2.24) is 0 Å². The van der Waals surface area contributed by atoms with E-state index in [2.05, 4.69) is 13.8 Å². The summed E-state index contributed by atoms with van der Waals surface area (Å²) >= 11 is 0. The fraction of sp³-hybridized carbons (Fsp3) is 0.462. The summed E-state index contributed by atoms with van der Waals surface area (Å²) in [6, 6.07) is 10.3. The Kier molecular flexibility index (Phi) is 10.6. The molecule has 0 radical (unpaired) electrons. The normalized spacial score (nSPS) is 10.5. The van der Waals surface area contributed by atoms with E-state index in [0.29, 0.717) is 35.8 Å². The molecular formula is C26H34O6. The Morgan fingerprint density at radius 1 is 0.656 bits per heavy atom. The molecule has 0 aromatic heterocycles. The van der Waals surface area contributed by atoms with Crippen molar-refractivity contribution >= 4 is 11.9 Å². The van der Waals surface area contributed by atoms with Crippen LogP contribution in [-0.2, 0) is 9.78 Å². The molecule has 0 aliphatic rings. The Bertz CT molecular complexity index is 816. The van der Waals surface area contributed by atoms with Crippen molar-refractivity contribution in [2.45, 2.75) is 66.2 Å². The van der Waals surface area contributed by atoms with E-state index < -0.39 is 11.9 Å². The Hall–Kier alpha value is -3.02. The summed E-state index contributed by atoms with van der Waals surface area (Å²) in [5.74, 6) is -0.268. The van der Waals surface area contributed by atoms with E-state index in [1.54, 1.807) is 50.2 Å². The summed E-state index contributed by atoms with van der Waals surface area (Å²) in [4.78, 5) is 34.7. The van der Waals surface area contributed by atoms with Crippen LogP contribution in [0.3, 0.4) is 0 Å². The Labute approximate surface area is 190 Å². The molecule has 0 N–H and O–H groups in total. The van der Waals surface area contributed by atoms with E-state index in [1.165, 1.54) is 0 Å². The van der Waals surface area contributed by atoms with Gasteiger partial charge in [0.25, 0.3) is 0 Å². The third-order valence-electron chi connectivity index (χ3n) is 5.21. The van der Waals surface area contributed by atoms with Crippen molar-refractivity contribution < 1.29 is 28.8 Å². The van der Waals surface area contributed by atoms with Crippen molar-refractivity contribution in [2.24, 2.45) is 0 Å². The number of hydrogen-bond acceptors (Lipinski definition) is 6. The van der Waals surface area contributed by atoms with Crippen LogP contribution >= 0.6 is 0 Å². The van der Waals surface area contributed by atoms with E-state index in [-0.39, 0.29) is 11.1 Å². The molecule has 174 valence electrons. The second-order valence-electron chi connectivity index (χ2n) is 7.71. The number of carbonyl (C=O) groups is 2. The summed E-state index contributed by atoms with van der Waals surface area (Å²) < 4.78 is 11.5. The molecule has 0 fully saturated rings. The van der Waals surface area contributed by atoms with E-state index in [4.69, 9.17) is 19.2 Å². The minimum Gasteiger partial charge on any atom is -0.493 e. The summed E-state index contributed by atoms with van der Waals surface area (Å²) in [5, 5.41) is 0. The first-order valence-corrected chi connectivity index (χ1v) is 11.4. The highest BCUT2D eigenvalue weighted by Gasteiger charge is 2.20. The molecule has 0 saturated carbocycles. The van der Waals surface area contributed by atoms with Crippen LogP contribution in [0.15, 0.2) is 36.4 Å². The first-order valence-electron chi connectivity index (χ1n) is 11.4. The van der Waals surface area contributed by atoms with E-state index >= 15 is 0 Å². The zero-order chi connectivity index (χ0) is 23.3. The van der Waals surface area contributed by atoms with Gasteiger partial charge in [0.2, 0.25) is 0 Å². The lowest BCUT2D eigenvalue weighted by molar-refractivity contribution is -0.187. The van der Waals surface area contributed by atoms with Gasteiger partial charge in [0.1, 0.15) is 11.5 Å². The average Bonchev–Trinajstić information content (AvgIpc) is 2.79. The van der Waals surface area contributed by atoms with Gasteiger partial charge < -0.3 is 9.47 Å². The largest absolute Gasteiger partial charge is 0.493 e. The van der Waals surface area contributed by atoms with Crippen LogP contribution in [0.5, 0.6) is 11.5 Å². The van der Waals surface area contributed by atoms with Crippen LogP contribution in [-0.4, -0.2) is 25.2 Å². The van der Waals surface area contributed by atoms with Crippen molar-refractivity contribution in [3.8, 4) is 11.5 Å². The van der Waals surface area contributed by atoms with Crippen molar-refractivity contribution in [3.63, 3.8) is 0 Å². The topological polar surface area (TPSA) is 71.1 Å². The van der Waals surface area contributed by atoms with E-state index in [1.807, 2.05) is 0 Å². The van der Waals surface area contributed by atoms with Crippen molar-refractivity contribution in [3.05, 3.63) is 58.7 Å². The maximum atomic E-state index is 12.5. The number of unbranched alkanes of at least 4 members (excludes halogenated alkanes) is 4. The number of benzene rings is 2. The predicted molar refractivity (Wildman–Crippen MR) is 123 cm³/mol. The van der Waals surface area contributed by atoms with Crippen LogP contribution in [0.25, 0.3) is 0 Å². The predicted octanol–water partition coefficient (Wildman–Crippen LogP) is 6.37. The van der Waals surface area contributed by atoms with Crippen molar-refractivity contribution in [1.29, 1.82) is 0 Å². The number of ether oxygens (including phenoxy) is 2. The van der Waals surface area contributed by atoms with Gasteiger partial charge in [-0.25, -0.2) is 19.4 Å². The highest BCUT2D eigenvalue weighted by atomic mass is 17.2. The van der Waals surface area contributed by atoms with Crippen LogP contribution < -0.4 is 9.47 Å². The molecule has 0 spiro atoms. The number of hydrogen-bond donors (Lipinski definition) is 0. The maximum Gasteiger partial charge on any atom is 0.386 e. The van der Waals surface area contributed by atoms with Crippen LogP contribution in [0.4, 0.5) is 0 Å². The zero-order valence-corrected chi connectivity index (χ0v) is 19.6. The molecule has 0 bridgehead atoms. The highest BCUT2D eigenvalue weighted by Crippen LogP contribution is 2.24. The molecule has 0 amide bonds. The second-order valence-corrected chi connectivity index (χ2v) is 7.71. The van der Waals surface area contributed by atoms with Gasteiger partial charge in [0.15, 0.2) is 0 Å². The van der Waals surface area contributed by atoms with Gasteiger partial charge in [-0.3, -0.25) is 0 Å². The zero-order valence-electron chi connectivity index (χ0n) is 19.6. The first-order chi connectivity index (χ1) is 15.5. The second kappa shape index (κ2) is 13.4. The van der Waals surface area contributed by atoms with Gasteiger partial charge in [0.05, 0.1) is 24.3 Å². The third-order valence-corrected chi connectivity index (χ3v) is 5.21. The average molecular weight is 443 g/mol. The maximum absolute atomic E-state index is 12.5. The molecule has 0 atom stereocenters. The molecule has 2 rings (SSSR count). The fourth-order valence-corrected chi connectivity index (χ4v) is 3.22. The van der Waals surface area contributed by atoms with Crippen LogP contribution in [0.1, 0.15) is 84.2 Å². The minimum absolute atomic E-state index is 0.288. The van der Waals surface area contributed by atoms with E-state index in [9.17, 15) is 9.59 Å². The lowest BCUT2D eigenvalue weighted by atomic mass is 10.1. The summed E-state index contributed by atoms with van der Waals surface area (Å²) in [6.45, 7) is 8.97. The standard InChI is InChI=1S/C26H34O6/c1-5-7-9-17-29-23-15-11-13-21(19(23)3)25(27)31-32-26(28)22-14-12-16-24(20(22)4)30-18-10-8-6-2/h11-16H,5-10,17-18H2,1-4H3. The van der Waals surface area contributed by atoms with Gasteiger partial charge in [0, 0.05) is 11.1 Å². The molecular weight excluding hydrogens is 408 g/mol. The highest BCUT2D eigenvalue weighted by molar-refractivity contribution is 5.94. The van der Waals surface area contributed by atoms with Gasteiger partial charge in [-0.15, -0.1) is 0 Å². The smallest absolute Gasteiger partial charge is 0.386 e. The molecule has 0 aliphatic heterocycles. The van der Waals surface area contributed by atoms with Gasteiger partial charge in [-0.1, -0.05) is 51.7 Å². The molecule has 32 heavy (non-hydrogen) atoms. The molecule has 2 aromatic carbocycles. The monoisotopic (exact) mass is 442 g/mol. The fourth-order valence-electron chi connectivity index (χ4n) is 3.22. The molecule has 6 heteroatoms. The van der Waals surface area contributed by atoms with Gasteiger partial charge in [-0.2, -0.15) is 0 Å². The molecule has 2 aromatic rings. The molecule has 0 aliphatic carbocycles. The molecule has 0 heterocycles. The Morgan fingerprint density at radius 2 is 1.06 bits per heavy atom. The first kappa shape index (κ1) is 25.2. The number of carbonyl (C=O) groups excluding carboxylic acids is 2. The minimum atomic E-state index is -0.750. The third kappa shape index (κ3) is 7.29. The summed E-state index contributed by atoms with van der Waals surface area (Å²) in [7, 11) is 0. The lowest BCUT2D eigenvalue weighted by Crippen LogP contribution is -2.14. The quantitative estimate of drug-likeness (QED) is 0.216. The Morgan fingerprint density at radius 3 is 1.44 bits per heavy atom. The summed E-state index contributed by atoms with van der Waals surface area (Å²) in [5.41, 5.74) is 1.86. The molecule has 0 saturated heterocycles. The summed E-state index contributed by atoms with van der Waals surface area (Å²) in [6.07, 6.45) is 6.27. The molecule has 0 unspecified atom stereocenters. The van der Waals surface area contributed by atoms with Crippen molar-refractivity contribution in [2.75, 3.05) is 13.2 Å². The van der Waals surface area contributed by atoms with Crippen LogP contribution in [0.2, 0.25) is 0 Å². The van der Waals surface area contributed by atoms with E-state index in [0.717, 1.165) is 38.5 Å². The Balaban J connectivity index is 1.97. The number of rotatable bonds is 12. The lowest BCUT2D eigenvalue weighted by Gasteiger charge is -2.13.